The van der Waals surface area contributed by atoms with E-state index < -0.39 is 9.84 Å². The number of hydrogen-bond donors (Lipinski definition) is 1. The third-order valence-electron chi connectivity index (χ3n) is 3.60. The van der Waals surface area contributed by atoms with Gasteiger partial charge < -0.3 is 10.1 Å². The van der Waals surface area contributed by atoms with E-state index in [1.807, 2.05) is 31.2 Å². The van der Waals surface area contributed by atoms with Gasteiger partial charge in [0, 0.05) is 12.1 Å². The highest BCUT2D eigenvalue weighted by atomic mass is 32.2. The molecule has 0 aromatic heterocycles. The molecule has 0 aliphatic carbocycles. The van der Waals surface area contributed by atoms with Gasteiger partial charge in [-0.2, -0.15) is 0 Å². The van der Waals surface area contributed by atoms with Crippen LogP contribution in [0.2, 0.25) is 0 Å². The molecular formula is C15H23NO3S. The van der Waals surface area contributed by atoms with Gasteiger partial charge in [0.2, 0.25) is 0 Å². The maximum Gasteiger partial charge on any atom is 0.150 e. The van der Waals surface area contributed by atoms with Crippen LogP contribution in [0, 0.1) is 6.92 Å². The van der Waals surface area contributed by atoms with Crippen LogP contribution in [0.15, 0.2) is 24.3 Å². The lowest BCUT2D eigenvalue weighted by Crippen LogP contribution is -2.44. The van der Waals surface area contributed by atoms with Gasteiger partial charge in [0.25, 0.3) is 0 Å². The summed E-state index contributed by atoms with van der Waals surface area (Å²) in [5.74, 6) is 1.47. The lowest BCUT2D eigenvalue weighted by atomic mass is 10.1. The van der Waals surface area contributed by atoms with Crippen molar-refractivity contribution in [2.75, 3.05) is 18.1 Å². The molecule has 0 bridgehead atoms. The van der Waals surface area contributed by atoms with Gasteiger partial charge >= 0.3 is 0 Å². The Bertz CT molecular complexity index is 511. The number of ether oxygens (including phenoxy) is 1. The molecule has 1 aliphatic rings. The van der Waals surface area contributed by atoms with E-state index in [9.17, 15) is 8.42 Å². The Hall–Kier alpha value is -1.07. The first-order valence-corrected chi connectivity index (χ1v) is 8.93. The summed E-state index contributed by atoms with van der Waals surface area (Å²) in [6.07, 6.45) is 1.41. The Kier molecular flexibility index (Phi) is 5.05. The van der Waals surface area contributed by atoms with Gasteiger partial charge in [0.05, 0.1) is 11.5 Å². The Labute approximate surface area is 121 Å². The summed E-state index contributed by atoms with van der Waals surface area (Å²) in [6, 6.07) is 8.49. The summed E-state index contributed by atoms with van der Waals surface area (Å²) < 4.78 is 28.5. The van der Waals surface area contributed by atoms with Crippen molar-refractivity contribution in [2.45, 2.75) is 38.8 Å². The van der Waals surface area contributed by atoms with Crippen LogP contribution in [0.1, 0.15) is 25.3 Å². The molecule has 20 heavy (non-hydrogen) atoms. The monoisotopic (exact) mass is 297 g/mol. The maximum atomic E-state index is 11.4. The standard InChI is InChI=1S/C15H23NO3S/c1-12-3-5-15(6-4-12)19-11-13(2)16-14-7-9-20(17,18)10-8-14/h3-6,13-14,16H,7-11H2,1-2H3. The minimum Gasteiger partial charge on any atom is -0.492 e. The summed E-state index contributed by atoms with van der Waals surface area (Å²) in [6.45, 7) is 4.70. The van der Waals surface area contributed by atoms with E-state index in [4.69, 9.17) is 4.74 Å². The number of sulfone groups is 1. The fraction of sp³-hybridized carbons (Fsp3) is 0.600. The van der Waals surface area contributed by atoms with Crippen molar-refractivity contribution >= 4 is 9.84 Å². The van der Waals surface area contributed by atoms with Crippen LogP contribution in [0.5, 0.6) is 5.75 Å². The summed E-state index contributed by atoms with van der Waals surface area (Å²) >= 11 is 0. The van der Waals surface area contributed by atoms with E-state index in [0.29, 0.717) is 31.0 Å². The van der Waals surface area contributed by atoms with Gasteiger partial charge in [-0.25, -0.2) is 8.42 Å². The summed E-state index contributed by atoms with van der Waals surface area (Å²) in [5, 5.41) is 3.45. The second-order valence-electron chi connectivity index (χ2n) is 5.62. The molecule has 5 heteroatoms. The van der Waals surface area contributed by atoms with Gasteiger partial charge in [-0.3, -0.25) is 0 Å². The Morgan fingerprint density at radius 2 is 1.85 bits per heavy atom. The van der Waals surface area contributed by atoms with Gasteiger partial charge in [0.15, 0.2) is 0 Å². The second-order valence-corrected chi connectivity index (χ2v) is 7.92. The van der Waals surface area contributed by atoms with Crippen molar-refractivity contribution in [3.05, 3.63) is 29.8 Å². The molecule has 0 amide bonds. The SMILES string of the molecule is Cc1ccc(OCC(C)NC2CCS(=O)(=O)CC2)cc1. The van der Waals surface area contributed by atoms with E-state index in [1.54, 1.807) is 0 Å². The van der Waals surface area contributed by atoms with Crippen LogP contribution < -0.4 is 10.1 Å². The molecule has 1 aliphatic heterocycles. The zero-order chi connectivity index (χ0) is 14.6. The molecule has 1 N–H and O–H groups in total. The smallest absolute Gasteiger partial charge is 0.150 e. The summed E-state index contributed by atoms with van der Waals surface area (Å²) in [4.78, 5) is 0. The number of benzene rings is 1. The van der Waals surface area contributed by atoms with Crippen molar-refractivity contribution in [3.8, 4) is 5.75 Å². The first-order chi connectivity index (χ1) is 9.44. The summed E-state index contributed by atoms with van der Waals surface area (Å²) in [5.41, 5.74) is 1.21. The molecule has 2 rings (SSSR count). The zero-order valence-corrected chi connectivity index (χ0v) is 12.9. The molecule has 1 aromatic carbocycles. The fourth-order valence-corrected chi connectivity index (χ4v) is 3.85. The van der Waals surface area contributed by atoms with Crippen molar-refractivity contribution in [1.29, 1.82) is 0 Å². The number of rotatable bonds is 5. The van der Waals surface area contributed by atoms with Gasteiger partial charge in [-0.1, -0.05) is 17.7 Å². The predicted molar refractivity (Wildman–Crippen MR) is 80.9 cm³/mol. The molecule has 0 radical (unpaired) electrons. The van der Waals surface area contributed by atoms with Gasteiger partial charge in [-0.05, 0) is 38.8 Å². The van der Waals surface area contributed by atoms with Crippen molar-refractivity contribution < 1.29 is 13.2 Å². The largest absolute Gasteiger partial charge is 0.492 e. The number of nitrogens with one attached hydrogen (secondary N) is 1. The van der Waals surface area contributed by atoms with E-state index in [1.165, 1.54) is 5.56 Å². The molecule has 4 nitrogen and oxygen atoms in total. The average Bonchev–Trinajstić information content (AvgIpc) is 2.41. The minimum atomic E-state index is -2.78. The van der Waals surface area contributed by atoms with E-state index in [0.717, 1.165) is 5.75 Å². The highest BCUT2D eigenvalue weighted by Crippen LogP contribution is 2.14. The first-order valence-electron chi connectivity index (χ1n) is 7.10. The van der Waals surface area contributed by atoms with Crippen LogP contribution >= 0.6 is 0 Å². The molecule has 1 fully saturated rings. The Morgan fingerprint density at radius 1 is 1.25 bits per heavy atom. The molecule has 1 unspecified atom stereocenters. The first kappa shape index (κ1) is 15.3. The van der Waals surface area contributed by atoms with Crippen molar-refractivity contribution in [3.63, 3.8) is 0 Å². The average molecular weight is 297 g/mol. The third-order valence-corrected chi connectivity index (χ3v) is 5.31. The Morgan fingerprint density at radius 3 is 2.45 bits per heavy atom. The Balaban J connectivity index is 1.73. The normalized spacial score (nSPS) is 20.5. The third kappa shape index (κ3) is 4.80. The fourth-order valence-electron chi connectivity index (χ4n) is 2.36. The zero-order valence-electron chi connectivity index (χ0n) is 12.1. The maximum absolute atomic E-state index is 11.4. The molecular weight excluding hydrogens is 274 g/mol. The topological polar surface area (TPSA) is 55.4 Å². The molecule has 0 spiro atoms. The van der Waals surface area contributed by atoms with Gasteiger partial charge in [-0.15, -0.1) is 0 Å². The van der Waals surface area contributed by atoms with E-state index in [-0.39, 0.29) is 12.1 Å². The van der Waals surface area contributed by atoms with Crippen LogP contribution in [0.4, 0.5) is 0 Å². The molecule has 0 saturated carbocycles. The van der Waals surface area contributed by atoms with Crippen molar-refractivity contribution in [2.24, 2.45) is 0 Å². The molecule has 112 valence electrons. The quantitative estimate of drug-likeness (QED) is 0.902. The molecule has 1 aromatic rings. The number of aryl methyl sites for hydroxylation is 1. The molecule has 1 atom stereocenters. The highest BCUT2D eigenvalue weighted by molar-refractivity contribution is 7.91. The summed E-state index contributed by atoms with van der Waals surface area (Å²) in [7, 11) is -2.78. The molecule has 1 heterocycles. The highest BCUT2D eigenvalue weighted by Gasteiger charge is 2.24. The lowest BCUT2D eigenvalue weighted by molar-refractivity contribution is 0.257. The van der Waals surface area contributed by atoms with Crippen LogP contribution in [0.3, 0.4) is 0 Å². The number of hydrogen-bond acceptors (Lipinski definition) is 4. The second kappa shape index (κ2) is 6.59. The van der Waals surface area contributed by atoms with Gasteiger partial charge in [0.1, 0.15) is 22.2 Å². The predicted octanol–water partition coefficient (Wildman–Crippen LogP) is 1.93. The van der Waals surface area contributed by atoms with Crippen LogP contribution in [0.25, 0.3) is 0 Å². The van der Waals surface area contributed by atoms with Crippen LogP contribution in [-0.2, 0) is 9.84 Å². The van der Waals surface area contributed by atoms with Crippen LogP contribution in [-0.4, -0.2) is 38.6 Å². The van der Waals surface area contributed by atoms with Crippen molar-refractivity contribution in [1.82, 2.24) is 5.32 Å². The lowest BCUT2D eigenvalue weighted by Gasteiger charge is -2.26. The van der Waals surface area contributed by atoms with E-state index >= 15 is 0 Å². The van der Waals surface area contributed by atoms with E-state index in [2.05, 4.69) is 12.2 Å². The minimum absolute atomic E-state index is 0.210. The molecule has 1 saturated heterocycles.